The minimum Gasteiger partial charge on any atom is -0.323 e. The second-order valence-electron chi connectivity index (χ2n) is 2.46. The molecule has 1 amide bonds. The van der Waals surface area contributed by atoms with Gasteiger partial charge in [0.15, 0.2) is 5.78 Å². The smallest absolute Gasteiger partial charge is 0.221 e. The van der Waals surface area contributed by atoms with Crippen molar-refractivity contribution in [2.45, 2.75) is 6.92 Å². The molecule has 1 rings (SSSR count). The Kier molecular flexibility index (Phi) is 2.63. The highest BCUT2D eigenvalue weighted by molar-refractivity contribution is 6.48. The first-order chi connectivity index (χ1) is 6.00. The number of amides is 1. The first kappa shape index (κ1) is 9.67. The zero-order chi connectivity index (χ0) is 10.0. The van der Waals surface area contributed by atoms with Crippen LogP contribution >= 0.6 is 11.6 Å². The van der Waals surface area contributed by atoms with Crippen molar-refractivity contribution in [2.24, 2.45) is 0 Å². The van der Waals surface area contributed by atoms with E-state index in [9.17, 15) is 14.4 Å². The van der Waals surface area contributed by atoms with Crippen molar-refractivity contribution in [2.75, 3.05) is 0 Å². The number of ketones is 2. The molecule has 5 heteroatoms. The number of allylic oxidation sites excluding steroid dienone is 3. The average molecular weight is 200 g/mol. The minimum absolute atomic E-state index is 0.0787. The topological polar surface area (TPSA) is 63.2 Å². The molecule has 1 aliphatic carbocycles. The van der Waals surface area contributed by atoms with E-state index in [1.807, 2.05) is 0 Å². The zero-order valence-corrected chi connectivity index (χ0v) is 7.51. The molecule has 0 aromatic rings. The highest BCUT2D eigenvalue weighted by Crippen LogP contribution is 2.13. The summed E-state index contributed by atoms with van der Waals surface area (Å²) in [6, 6.07) is 0. The van der Waals surface area contributed by atoms with Crippen LogP contribution in [0.3, 0.4) is 0 Å². The number of carbonyl (C=O) groups excluding carboxylic acids is 3. The molecule has 0 aliphatic heterocycles. The van der Waals surface area contributed by atoms with E-state index >= 15 is 0 Å². The Morgan fingerprint density at radius 2 is 2.00 bits per heavy atom. The van der Waals surface area contributed by atoms with Gasteiger partial charge in [-0.15, -0.1) is 0 Å². The standard InChI is InChI=1S/C8H6ClNO3/c1-4(11)10-7-3-5(12)2-6(9)8(7)13/h2-3H,1H3,(H,10,11). The predicted octanol–water partition coefficient (Wildman–Crippen LogP) is 0.281. The van der Waals surface area contributed by atoms with E-state index in [1.54, 1.807) is 0 Å². The number of carbonyl (C=O) groups is 3. The van der Waals surface area contributed by atoms with Crippen LogP contribution in [-0.4, -0.2) is 17.5 Å². The maximum atomic E-state index is 11.2. The average Bonchev–Trinajstić information content (AvgIpc) is 1.98. The van der Waals surface area contributed by atoms with Gasteiger partial charge < -0.3 is 5.32 Å². The number of rotatable bonds is 1. The molecule has 13 heavy (non-hydrogen) atoms. The van der Waals surface area contributed by atoms with E-state index in [0.29, 0.717) is 0 Å². The van der Waals surface area contributed by atoms with Crippen LogP contribution in [0.25, 0.3) is 0 Å². The molecule has 1 N–H and O–H groups in total. The maximum absolute atomic E-state index is 11.2. The summed E-state index contributed by atoms with van der Waals surface area (Å²) in [4.78, 5) is 32.6. The fourth-order valence-electron chi connectivity index (χ4n) is 0.851. The molecule has 0 spiro atoms. The van der Waals surface area contributed by atoms with E-state index in [2.05, 4.69) is 5.32 Å². The summed E-state index contributed by atoms with van der Waals surface area (Å²) < 4.78 is 0. The Morgan fingerprint density at radius 1 is 1.38 bits per heavy atom. The maximum Gasteiger partial charge on any atom is 0.221 e. The second kappa shape index (κ2) is 3.53. The van der Waals surface area contributed by atoms with Crippen LogP contribution in [-0.2, 0) is 14.4 Å². The second-order valence-corrected chi connectivity index (χ2v) is 2.87. The number of hydrogen-bond acceptors (Lipinski definition) is 3. The van der Waals surface area contributed by atoms with Crippen LogP contribution in [0.2, 0.25) is 0 Å². The highest BCUT2D eigenvalue weighted by Gasteiger charge is 2.20. The Hall–Kier alpha value is -1.42. The van der Waals surface area contributed by atoms with Crippen molar-refractivity contribution < 1.29 is 14.4 Å². The Morgan fingerprint density at radius 3 is 2.54 bits per heavy atom. The van der Waals surface area contributed by atoms with Gasteiger partial charge in [-0.1, -0.05) is 11.6 Å². The molecule has 0 bridgehead atoms. The van der Waals surface area contributed by atoms with Gasteiger partial charge in [0.1, 0.15) is 0 Å². The van der Waals surface area contributed by atoms with Gasteiger partial charge in [-0.05, 0) is 0 Å². The van der Waals surface area contributed by atoms with Gasteiger partial charge in [0.25, 0.3) is 0 Å². The van der Waals surface area contributed by atoms with Crippen molar-refractivity contribution in [1.29, 1.82) is 0 Å². The van der Waals surface area contributed by atoms with Gasteiger partial charge in [-0.3, -0.25) is 14.4 Å². The molecule has 68 valence electrons. The third kappa shape index (κ3) is 2.26. The number of hydrogen-bond donors (Lipinski definition) is 1. The lowest BCUT2D eigenvalue weighted by atomic mass is 10.1. The van der Waals surface area contributed by atoms with E-state index in [-0.39, 0.29) is 10.7 Å². The van der Waals surface area contributed by atoms with Crippen LogP contribution in [0.4, 0.5) is 0 Å². The monoisotopic (exact) mass is 199 g/mol. The molecule has 0 unspecified atom stereocenters. The zero-order valence-electron chi connectivity index (χ0n) is 6.76. The normalized spacial score (nSPS) is 16.5. The summed E-state index contributed by atoms with van der Waals surface area (Å²) in [6.07, 6.45) is 2.05. The van der Waals surface area contributed by atoms with Crippen molar-refractivity contribution in [1.82, 2.24) is 5.32 Å². The molecule has 0 atom stereocenters. The molecule has 0 radical (unpaired) electrons. The van der Waals surface area contributed by atoms with Crippen LogP contribution in [0, 0.1) is 0 Å². The third-order valence-corrected chi connectivity index (χ3v) is 1.61. The van der Waals surface area contributed by atoms with Crippen molar-refractivity contribution in [3.05, 3.63) is 22.9 Å². The minimum atomic E-state index is -0.545. The van der Waals surface area contributed by atoms with Crippen LogP contribution < -0.4 is 5.32 Å². The van der Waals surface area contributed by atoms with Gasteiger partial charge in [-0.25, -0.2) is 0 Å². The van der Waals surface area contributed by atoms with Crippen molar-refractivity contribution in [3.8, 4) is 0 Å². The third-order valence-electron chi connectivity index (χ3n) is 1.33. The number of halogens is 1. The quantitative estimate of drug-likeness (QED) is 0.617. The van der Waals surface area contributed by atoms with E-state index in [0.717, 1.165) is 12.2 Å². The Balaban J connectivity index is 2.92. The molecule has 1 aliphatic rings. The highest BCUT2D eigenvalue weighted by atomic mass is 35.5. The lowest BCUT2D eigenvalue weighted by Gasteiger charge is -2.08. The lowest BCUT2D eigenvalue weighted by molar-refractivity contribution is -0.120. The predicted molar refractivity (Wildman–Crippen MR) is 45.8 cm³/mol. The van der Waals surface area contributed by atoms with Crippen molar-refractivity contribution in [3.63, 3.8) is 0 Å². The molecule has 0 saturated heterocycles. The first-order valence-corrected chi connectivity index (χ1v) is 3.83. The van der Waals surface area contributed by atoms with E-state index < -0.39 is 17.5 Å². The molecule has 0 heterocycles. The van der Waals surface area contributed by atoms with Gasteiger partial charge in [0.2, 0.25) is 11.7 Å². The summed E-state index contributed by atoms with van der Waals surface area (Å²) in [7, 11) is 0. The molecule has 4 nitrogen and oxygen atoms in total. The van der Waals surface area contributed by atoms with Gasteiger partial charge in [-0.2, -0.15) is 0 Å². The molecular formula is C8H6ClNO3. The lowest BCUT2D eigenvalue weighted by Crippen LogP contribution is -2.27. The largest absolute Gasteiger partial charge is 0.323 e. The summed E-state index contributed by atoms with van der Waals surface area (Å²) >= 11 is 5.44. The van der Waals surface area contributed by atoms with Gasteiger partial charge >= 0.3 is 0 Å². The van der Waals surface area contributed by atoms with Gasteiger partial charge in [0, 0.05) is 19.1 Å². The summed E-state index contributed by atoms with van der Waals surface area (Å²) in [5.74, 6) is -1.37. The Bertz CT molecular complexity index is 354. The van der Waals surface area contributed by atoms with E-state index in [1.165, 1.54) is 6.92 Å². The molecule has 0 fully saturated rings. The summed E-state index contributed by atoms with van der Waals surface area (Å²) in [6.45, 7) is 1.24. The fraction of sp³-hybridized carbons (Fsp3) is 0.125. The molecular weight excluding hydrogens is 194 g/mol. The molecule has 0 aromatic carbocycles. The van der Waals surface area contributed by atoms with Crippen molar-refractivity contribution >= 4 is 29.1 Å². The first-order valence-electron chi connectivity index (χ1n) is 3.46. The van der Waals surface area contributed by atoms with Crippen LogP contribution in [0.1, 0.15) is 6.92 Å². The molecule has 0 aromatic heterocycles. The van der Waals surface area contributed by atoms with Crippen LogP contribution in [0.5, 0.6) is 0 Å². The number of Topliss-reactive ketones (excluding diaryl/α,β-unsaturated/α-hetero) is 1. The SMILES string of the molecule is CC(=O)NC1=CC(=O)C=C(Cl)C1=O. The number of nitrogens with one attached hydrogen (secondary N) is 1. The van der Waals surface area contributed by atoms with E-state index in [4.69, 9.17) is 11.6 Å². The molecule has 0 saturated carbocycles. The Labute approximate surface area is 79.2 Å². The summed E-state index contributed by atoms with van der Waals surface area (Å²) in [5.41, 5.74) is -0.0787. The van der Waals surface area contributed by atoms with Gasteiger partial charge in [0.05, 0.1) is 10.7 Å². The summed E-state index contributed by atoms with van der Waals surface area (Å²) in [5, 5.41) is 2.03. The van der Waals surface area contributed by atoms with Crippen LogP contribution in [0.15, 0.2) is 22.9 Å². The fourth-order valence-corrected chi connectivity index (χ4v) is 1.06.